The lowest BCUT2D eigenvalue weighted by Crippen LogP contribution is -2.50. The van der Waals surface area contributed by atoms with Gasteiger partial charge in [-0.3, -0.25) is 14.4 Å². The SMILES string of the molecule is CCCCNC(=O)[C@@H](Cc1ccccc1)N(Cc1cccc(C)c1)C(=O)CCCN1C(=O)c2cccc3cccc1c23. The van der Waals surface area contributed by atoms with Gasteiger partial charge in [0, 0.05) is 43.4 Å². The van der Waals surface area contributed by atoms with Gasteiger partial charge in [0.15, 0.2) is 0 Å². The van der Waals surface area contributed by atoms with Crippen molar-refractivity contribution in [1.29, 1.82) is 0 Å². The van der Waals surface area contributed by atoms with Crippen molar-refractivity contribution in [2.24, 2.45) is 0 Å². The van der Waals surface area contributed by atoms with Gasteiger partial charge in [-0.15, -0.1) is 0 Å². The topological polar surface area (TPSA) is 69.7 Å². The summed E-state index contributed by atoms with van der Waals surface area (Å²) in [4.78, 5) is 44.4. The van der Waals surface area contributed by atoms with Crippen molar-refractivity contribution in [2.45, 2.75) is 58.5 Å². The summed E-state index contributed by atoms with van der Waals surface area (Å²) in [5.74, 6) is -0.251. The molecule has 0 fully saturated rings. The minimum absolute atomic E-state index is 0.0249. The maximum absolute atomic E-state index is 14.0. The lowest BCUT2D eigenvalue weighted by Gasteiger charge is -2.32. The third-order valence-corrected chi connectivity index (χ3v) is 7.96. The highest BCUT2D eigenvalue weighted by Crippen LogP contribution is 2.37. The summed E-state index contributed by atoms with van der Waals surface area (Å²) >= 11 is 0. The van der Waals surface area contributed by atoms with Crippen molar-refractivity contribution in [3.8, 4) is 0 Å². The zero-order valence-corrected chi connectivity index (χ0v) is 24.5. The molecular formula is C36H39N3O3. The van der Waals surface area contributed by atoms with Crippen LogP contribution < -0.4 is 10.2 Å². The number of benzene rings is 4. The van der Waals surface area contributed by atoms with Gasteiger partial charge in [0.25, 0.3) is 5.91 Å². The molecule has 1 aliphatic rings. The number of anilines is 1. The fourth-order valence-electron chi connectivity index (χ4n) is 5.80. The Balaban J connectivity index is 1.36. The largest absolute Gasteiger partial charge is 0.354 e. The number of hydrogen-bond acceptors (Lipinski definition) is 3. The molecule has 0 spiro atoms. The Morgan fingerprint density at radius 2 is 1.62 bits per heavy atom. The maximum Gasteiger partial charge on any atom is 0.258 e. The highest BCUT2D eigenvalue weighted by atomic mass is 16.2. The Labute approximate surface area is 248 Å². The molecule has 3 amide bonds. The Bertz CT molecular complexity index is 1560. The fraction of sp³-hybridized carbons (Fsp3) is 0.306. The van der Waals surface area contributed by atoms with Gasteiger partial charge in [0.1, 0.15) is 6.04 Å². The van der Waals surface area contributed by atoms with Gasteiger partial charge in [-0.05, 0) is 48.4 Å². The summed E-state index contributed by atoms with van der Waals surface area (Å²) in [5, 5.41) is 5.10. The van der Waals surface area contributed by atoms with Gasteiger partial charge in [0.2, 0.25) is 11.8 Å². The Hall–Kier alpha value is -4.45. The van der Waals surface area contributed by atoms with E-state index in [9.17, 15) is 14.4 Å². The second-order valence-electron chi connectivity index (χ2n) is 11.1. The molecule has 1 heterocycles. The summed E-state index contributed by atoms with van der Waals surface area (Å²) in [5.41, 5.74) is 4.70. The predicted octanol–water partition coefficient (Wildman–Crippen LogP) is 6.45. The van der Waals surface area contributed by atoms with Gasteiger partial charge < -0.3 is 15.1 Å². The number of amides is 3. The van der Waals surface area contributed by atoms with Gasteiger partial charge in [0.05, 0.1) is 5.69 Å². The summed E-state index contributed by atoms with van der Waals surface area (Å²) < 4.78 is 0. The molecule has 1 atom stereocenters. The molecule has 6 nitrogen and oxygen atoms in total. The molecule has 5 rings (SSSR count). The number of aryl methyl sites for hydroxylation is 1. The molecule has 4 aromatic carbocycles. The van der Waals surface area contributed by atoms with Crippen LogP contribution in [0.4, 0.5) is 5.69 Å². The van der Waals surface area contributed by atoms with Crippen molar-refractivity contribution < 1.29 is 14.4 Å². The van der Waals surface area contributed by atoms with E-state index >= 15 is 0 Å². The van der Waals surface area contributed by atoms with Crippen LogP contribution in [0, 0.1) is 6.92 Å². The van der Waals surface area contributed by atoms with Crippen LogP contribution in [0.15, 0.2) is 91.0 Å². The summed E-state index contributed by atoms with van der Waals surface area (Å²) in [6.07, 6.45) is 3.01. The first kappa shape index (κ1) is 29.1. The van der Waals surface area contributed by atoms with Crippen LogP contribution in [-0.4, -0.2) is 41.8 Å². The zero-order valence-electron chi connectivity index (χ0n) is 24.5. The number of rotatable bonds is 13. The molecule has 0 aliphatic carbocycles. The van der Waals surface area contributed by atoms with Crippen molar-refractivity contribution in [3.63, 3.8) is 0 Å². The Morgan fingerprint density at radius 3 is 2.38 bits per heavy atom. The quantitative estimate of drug-likeness (QED) is 0.191. The van der Waals surface area contributed by atoms with Crippen molar-refractivity contribution in [2.75, 3.05) is 18.0 Å². The highest BCUT2D eigenvalue weighted by molar-refractivity contribution is 6.25. The van der Waals surface area contributed by atoms with E-state index < -0.39 is 6.04 Å². The van der Waals surface area contributed by atoms with Gasteiger partial charge in [-0.25, -0.2) is 0 Å². The van der Waals surface area contributed by atoms with Crippen LogP contribution in [0.3, 0.4) is 0 Å². The lowest BCUT2D eigenvalue weighted by molar-refractivity contribution is -0.141. The minimum atomic E-state index is -0.649. The van der Waals surface area contributed by atoms with E-state index in [0.29, 0.717) is 38.0 Å². The summed E-state index contributed by atoms with van der Waals surface area (Å²) in [6.45, 7) is 5.47. The van der Waals surface area contributed by atoms with Crippen LogP contribution >= 0.6 is 0 Å². The number of nitrogens with zero attached hydrogens (tertiary/aromatic N) is 2. The van der Waals surface area contributed by atoms with Crippen LogP contribution in [0.5, 0.6) is 0 Å². The third kappa shape index (κ3) is 6.54. The molecule has 216 valence electrons. The molecule has 1 N–H and O–H groups in total. The first-order valence-corrected chi connectivity index (χ1v) is 15.0. The normalized spacial score (nSPS) is 12.9. The van der Waals surface area contributed by atoms with Crippen LogP contribution in [0.2, 0.25) is 0 Å². The Morgan fingerprint density at radius 1 is 0.881 bits per heavy atom. The van der Waals surface area contributed by atoms with E-state index in [-0.39, 0.29) is 24.1 Å². The molecule has 0 aromatic heterocycles. The molecule has 4 aromatic rings. The fourth-order valence-corrected chi connectivity index (χ4v) is 5.80. The van der Waals surface area contributed by atoms with E-state index in [2.05, 4.69) is 18.3 Å². The first-order valence-electron chi connectivity index (χ1n) is 15.0. The molecule has 0 bridgehead atoms. The van der Waals surface area contributed by atoms with E-state index in [1.54, 1.807) is 9.80 Å². The number of unbranched alkanes of at least 4 members (excludes halogenated alkanes) is 1. The minimum Gasteiger partial charge on any atom is -0.354 e. The zero-order chi connectivity index (χ0) is 29.5. The number of carbonyl (C=O) groups excluding carboxylic acids is 3. The van der Waals surface area contributed by atoms with E-state index in [0.717, 1.165) is 46.0 Å². The molecule has 1 aliphatic heterocycles. The molecule has 0 saturated heterocycles. The van der Waals surface area contributed by atoms with Crippen molar-refractivity contribution >= 4 is 34.2 Å². The smallest absolute Gasteiger partial charge is 0.258 e. The number of nitrogens with one attached hydrogen (secondary N) is 1. The van der Waals surface area contributed by atoms with Crippen LogP contribution in [0.1, 0.15) is 59.7 Å². The van der Waals surface area contributed by atoms with Crippen molar-refractivity contribution in [1.82, 2.24) is 10.2 Å². The maximum atomic E-state index is 14.0. The molecule has 42 heavy (non-hydrogen) atoms. The Kier molecular flexibility index (Phi) is 9.32. The van der Waals surface area contributed by atoms with E-state index in [1.807, 2.05) is 91.9 Å². The molecule has 6 heteroatoms. The highest BCUT2D eigenvalue weighted by Gasteiger charge is 2.32. The van der Waals surface area contributed by atoms with Crippen LogP contribution in [-0.2, 0) is 22.6 Å². The second kappa shape index (κ2) is 13.5. The molecule has 0 unspecified atom stereocenters. The first-order chi connectivity index (χ1) is 20.5. The average Bonchev–Trinajstić information content (AvgIpc) is 3.27. The number of hydrogen-bond donors (Lipinski definition) is 1. The van der Waals surface area contributed by atoms with Gasteiger partial charge in [-0.2, -0.15) is 0 Å². The van der Waals surface area contributed by atoms with E-state index in [4.69, 9.17) is 0 Å². The monoisotopic (exact) mass is 561 g/mol. The molecular weight excluding hydrogens is 522 g/mol. The molecule has 0 radical (unpaired) electrons. The standard InChI is InChI=1S/C36H39N3O3/c1-3-4-21-37-35(41)32(24-27-13-6-5-7-14-27)39(25-28-15-8-12-26(2)23-28)33(40)20-11-22-38-31-19-10-17-29-16-9-18-30(34(29)31)36(38)42/h5-10,12-19,23,32H,3-4,11,20-22,24-25H2,1-2H3,(H,37,41)/t32-/m1/s1. The average molecular weight is 562 g/mol. The van der Waals surface area contributed by atoms with Crippen LogP contribution in [0.25, 0.3) is 10.8 Å². The predicted molar refractivity (Wildman–Crippen MR) is 168 cm³/mol. The number of carbonyl (C=O) groups is 3. The van der Waals surface area contributed by atoms with Gasteiger partial charge >= 0.3 is 0 Å². The third-order valence-electron chi connectivity index (χ3n) is 7.96. The van der Waals surface area contributed by atoms with Crippen molar-refractivity contribution in [3.05, 3.63) is 113 Å². The van der Waals surface area contributed by atoms with Gasteiger partial charge in [-0.1, -0.05) is 97.8 Å². The second-order valence-corrected chi connectivity index (χ2v) is 11.1. The molecule has 0 saturated carbocycles. The van der Waals surface area contributed by atoms with E-state index in [1.165, 1.54) is 0 Å². The summed E-state index contributed by atoms with van der Waals surface area (Å²) in [6, 6.07) is 29.0. The lowest BCUT2D eigenvalue weighted by atomic mass is 10.0. The summed E-state index contributed by atoms with van der Waals surface area (Å²) in [7, 11) is 0.